The molecule has 4 rings (SSSR count). The fourth-order valence-corrected chi connectivity index (χ4v) is 3.48. The van der Waals surface area contributed by atoms with Gasteiger partial charge in [0, 0.05) is 24.2 Å². The van der Waals surface area contributed by atoms with Crippen molar-refractivity contribution < 1.29 is 4.74 Å². The average molecular weight is 348 g/mol. The minimum atomic E-state index is 0.678. The molecule has 0 spiro atoms. The van der Waals surface area contributed by atoms with Gasteiger partial charge < -0.3 is 15.0 Å². The number of methoxy groups -OCH3 is 1. The number of benzene rings is 2. The van der Waals surface area contributed by atoms with Crippen LogP contribution in [0.1, 0.15) is 19.8 Å². The quantitative estimate of drug-likeness (QED) is 0.746. The van der Waals surface area contributed by atoms with Gasteiger partial charge in [0.15, 0.2) is 0 Å². The van der Waals surface area contributed by atoms with Gasteiger partial charge in [-0.2, -0.15) is 4.98 Å². The third kappa shape index (κ3) is 3.43. The van der Waals surface area contributed by atoms with E-state index in [9.17, 15) is 0 Å². The normalized spacial score (nSPS) is 17.3. The van der Waals surface area contributed by atoms with Crippen molar-refractivity contribution in [1.29, 1.82) is 0 Å². The molecule has 3 aromatic rings. The van der Waals surface area contributed by atoms with Crippen LogP contribution in [0.5, 0.6) is 5.75 Å². The molecule has 1 aliphatic heterocycles. The van der Waals surface area contributed by atoms with Gasteiger partial charge in [0.2, 0.25) is 5.95 Å². The van der Waals surface area contributed by atoms with Crippen molar-refractivity contribution in [2.45, 2.75) is 19.8 Å². The number of anilines is 3. The molecule has 0 saturated carbocycles. The Bertz CT molecular complexity index is 894. The largest absolute Gasteiger partial charge is 0.497 e. The number of fused-ring (bicyclic) bond motifs is 1. The van der Waals surface area contributed by atoms with Crippen LogP contribution >= 0.6 is 0 Å². The number of aromatic nitrogens is 2. The van der Waals surface area contributed by atoms with E-state index in [2.05, 4.69) is 23.2 Å². The van der Waals surface area contributed by atoms with Crippen molar-refractivity contribution >= 4 is 28.4 Å². The molecule has 1 N–H and O–H groups in total. The summed E-state index contributed by atoms with van der Waals surface area (Å²) in [6, 6.07) is 16.0. The van der Waals surface area contributed by atoms with Crippen molar-refractivity contribution in [3.05, 3.63) is 48.5 Å². The summed E-state index contributed by atoms with van der Waals surface area (Å²) in [6.07, 6.45) is 2.47. The van der Waals surface area contributed by atoms with Gasteiger partial charge in [0.05, 0.1) is 12.6 Å². The highest BCUT2D eigenvalue weighted by Crippen LogP contribution is 2.28. The lowest BCUT2D eigenvalue weighted by atomic mass is 10.0. The predicted molar refractivity (Wildman–Crippen MR) is 106 cm³/mol. The summed E-state index contributed by atoms with van der Waals surface area (Å²) >= 11 is 0. The minimum absolute atomic E-state index is 0.678. The number of para-hydroxylation sites is 1. The Balaban J connectivity index is 1.71. The molecule has 2 aromatic carbocycles. The Morgan fingerprint density at radius 3 is 2.65 bits per heavy atom. The Morgan fingerprint density at radius 2 is 1.88 bits per heavy atom. The lowest BCUT2D eigenvalue weighted by Gasteiger charge is -2.31. The molecule has 0 amide bonds. The summed E-state index contributed by atoms with van der Waals surface area (Å²) in [5.41, 5.74) is 1.94. The highest BCUT2D eigenvalue weighted by molar-refractivity contribution is 5.91. The van der Waals surface area contributed by atoms with Crippen LogP contribution in [0.2, 0.25) is 0 Å². The molecule has 0 aliphatic carbocycles. The maximum absolute atomic E-state index is 5.24. The van der Waals surface area contributed by atoms with E-state index >= 15 is 0 Å². The lowest BCUT2D eigenvalue weighted by molar-refractivity contribution is 0.415. The first-order chi connectivity index (χ1) is 12.7. The van der Waals surface area contributed by atoms with Crippen LogP contribution in [0.4, 0.5) is 17.5 Å². The molecular weight excluding hydrogens is 324 g/mol. The maximum Gasteiger partial charge on any atom is 0.227 e. The van der Waals surface area contributed by atoms with Gasteiger partial charge in [-0.25, -0.2) is 4.98 Å². The summed E-state index contributed by atoms with van der Waals surface area (Å²) in [7, 11) is 1.67. The molecule has 1 unspecified atom stereocenters. The van der Waals surface area contributed by atoms with Gasteiger partial charge in [-0.05, 0) is 55.2 Å². The number of ether oxygens (including phenoxy) is 1. The molecule has 1 fully saturated rings. The second kappa shape index (κ2) is 7.20. The zero-order valence-electron chi connectivity index (χ0n) is 15.3. The number of nitrogens with one attached hydrogen (secondary N) is 1. The third-order valence-corrected chi connectivity index (χ3v) is 4.88. The Morgan fingerprint density at radius 1 is 1.08 bits per heavy atom. The van der Waals surface area contributed by atoms with Crippen LogP contribution in [0, 0.1) is 5.92 Å². The van der Waals surface area contributed by atoms with E-state index in [0.717, 1.165) is 47.2 Å². The molecule has 1 saturated heterocycles. The first-order valence-corrected chi connectivity index (χ1v) is 9.16. The second-order valence-corrected chi connectivity index (χ2v) is 6.94. The van der Waals surface area contributed by atoms with Crippen LogP contribution < -0.4 is 15.0 Å². The topological polar surface area (TPSA) is 50.3 Å². The molecule has 26 heavy (non-hydrogen) atoms. The molecule has 1 atom stereocenters. The first-order valence-electron chi connectivity index (χ1n) is 9.16. The number of nitrogens with zero attached hydrogens (tertiary/aromatic N) is 3. The molecule has 1 aromatic heterocycles. The number of hydrogen-bond donors (Lipinski definition) is 1. The fourth-order valence-electron chi connectivity index (χ4n) is 3.48. The monoisotopic (exact) mass is 348 g/mol. The van der Waals surface area contributed by atoms with Gasteiger partial charge in [0.1, 0.15) is 11.6 Å². The first kappa shape index (κ1) is 16.6. The number of hydrogen-bond acceptors (Lipinski definition) is 5. The van der Waals surface area contributed by atoms with Gasteiger partial charge in [0.25, 0.3) is 0 Å². The summed E-state index contributed by atoms with van der Waals surface area (Å²) in [5, 5.41) is 4.48. The minimum Gasteiger partial charge on any atom is -0.497 e. The molecule has 5 heteroatoms. The summed E-state index contributed by atoms with van der Waals surface area (Å²) in [6.45, 7) is 4.33. The van der Waals surface area contributed by atoms with E-state index in [4.69, 9.17) is 14.7 Å². The lowest BCUT2D eigenvalue weighted by Crippen LogP contribution is -2.35. The second-order valence-electron chi connectivity index (χ2n) is 6.94. The third-order valence-electron chi connectivity index (χ3n) is 4.88. The van der Waals surface area contributed by atoms with Crippen LogP contribution in [0.25, 0.3) is 10.9 Å². The smallest absolute Gasteiger partial charge is 0.227 e. The van der Waals surface area contributed by atoms with Gasteiger partial charge in [-0.15, -0.1) is 0 Å². The van der Waals surface area contributed by atoms with Crippen LogP contribution in [0.15, 0.2) is 48.5 Å². The van der Waals surface area contributed by atoms with Crippen molar-refractivity contribution in [2.75, 3.05) is 30.4 Å². The van der Waals surface area contributed by atoms with E-state index < -0.39 is 0 Å². The molecular formula is C21H24N4O. The fraction of sp³-hybridized carbons (Fsp3) is 0.333. The zero-order valence-corrected chi connectivity index (χ0v) is 15.3. The van der Waals surface area contributed by atoms with Crippen molar-refractivity contribution in [3.8, 4) is 5.75 Å². The highest BCUT2D eigenvalue weighted by atomic mass is 16.5. The average Bonchev–Trinajstić information content (AvgIpc) is 2.68. The van der Waals surface area contributed by atoms with Crippen LogP contribution in [-0.4, -0.2) is 30.2 Å². The predicted octanol–water partition coefficient (Wildman–Crippen LogP) is 4.62. The molecule has 5 nitrogen and oxygen atoms in total. The van der Waals surface area contributed by atoms with Crippen molar-refractivity contribution in [2.24, 2.45) is 5.92 Å². The zero-order chi connectivity index (χ0) is 17.9. The molecule has 0 bridgehead atoms. The van der Waals surface area contributed by atoms with E-state index in [1.165, 1.54) is 12.8 Å². The van der Waals surface area contributed by atoms with Crippen molar-refractivity contribution in [1.82, 2.24) is 9.97 Å². The Labute approximate surface area is 154 Å². The highest BCUT2D eigenvalue weighted by Gasteiger charge is 2.20. The van der Waals surface area contributed by atoms with Crippen LogP contribution in [0.3, 0.4) is 0 Å². The molecule has 2 heterocycles. The SMILES string of the molecule is COc1ccc(Nc2nc(N3CCCC(C)C3)nc3ccccc23)cc1. The van der Waals surface area contributed by atoms with Crippen molar-refractivity contribution in [3.63, 3.8) is 0 Å². The standard InChI is InChI=1S/C21H24N4O/c1-15-6-5-13-25(14-15)21-23-19-8-4-3-7-18(19)20(24-21)22-16-9-11-17(26-2)12-10-16/h3-4,7-12,15H,5-6,13-14H2,1-2H3,(H,22,23,24). The number of rotatable bonds is 4. The Hall–Kier alpha value is -2.82. The summed E-state index contributed by atoms with van der Waals surface area (Å²) in [5.74, 6) is 3.17. The molecule has 1 aliphatic rings. The van der Waals surface area contributed by atoms with Gasteiger partial charge in [-0.1, -0.05) is 19.1 Å². The maximum atomic E-state index is 5.24. The van der Waals surface area contributed by atoms with Gasteiger partial charge >= 0.3 is 0 Å². The summed E-state index contributed by atoms with van der Waals surface area (Å²) < 4.78 is 5.24. The summed E-state index contributed by atoms with van der Waals surface area (Å²) in [4.78, 5) is 12.0. The van der Waals surface area contributed by atoms with E-state index in [1.807, 2.05) is 42.5 Å². The van der Waals surface area contributed by atoms with Gasteiger partial charge in [-0.3, -0.25) is 0 Å². The van der Waals surface area contributed by atoms with E-state index in [1.54, 1.807) is 7.11 Å². The number of piperidine rings is 1. The van der Waals surface area contributed by atoms with Crippen LogP contribution in [-0.2, 0) is 0 Å². The van der Waals surface area contributed by atoms with E-state index in [0.29, 0.717) is 5.92 Å². The van der Waals surface area contributed by atoms with E-state index in [-0.39, 0.29) is 0 Å². The Kier molecular flexibility index (Phi) is 4.61. The molecule has 0 radical (unpaired) electrons. The molecule has 134 valence electrons.